The Hall–Kier alpha value is -1.10. The normalized spacial score (nSPS) is 18.9. The second kappa shape index (κ2) is 5.84. The minimum absolute atomic E-state index is 0.0355. The fourth-order valence-corrected chi connectivity index (χ4v) is 1.65. The summed E-state index contributed by atoms with van der Waals surface area (Å²) in [4.78, 5) is 21.8. The monoisotopic (exact) mass is 228 g/mol. The van der Waals surface area contributed by atoms with Crippen molar-refractivity contribution in [3.8, 4) is 0 Å². The molecule has 92 valence electrons. The first-order chi connectivity index (χ1) is 7.49. The molecule has 5 nitrogen and oxygen atoms in total. The van der Waals surface area contributed by atoms with Crippen molar-refractivity contribution in [1.82, 2.24) is 5.32 Å². The van der Waals surface area contributed by atoms with Gasteiger partial charge in [0.05, 0.1) is 0 Å². The number of carboxylic acid groups (broad SMARTS) is 1. The molecule has 1 rings (SSSR count). The second-order valence-electron chi connectivity index (χ2n) is 4.61. The number of nitrogens with one attached hydrogen (secondary N) is 1. The van der Waals surface area contributed by atoms with Crippen molar-refractivity contribution in [3.63, 3.8) is 0 Å². The highest BCUT2D eigenvalue weighted by molar-refractivity contribution is 5.77. The first kappa shape index (κ1) is 13.0. The summed E-state index contributed by atoms with van der Waals surface area (Å²) < 4.78 is 0. The average Bonchev–Trinajstić information content (AvgIpc) is 2.97. The molecule has 0 heterocycles. The van der Waals surface area contributed by atoms with Gasteiger partial charge in [0.2, 0.25) is 5.91 Å². The maximum atomic E-state index is 11.5. The van der Waals surface area contributed by atoms with Crippen LogP contribution in [0.5, 0.6) is 0 Å². The maximum Gasteiger partial charge on any atom is 0.303 e. The van der Waals surface area contributed by atoms with Gasteiger partial charge < -0.3 is 16.2 Å². The summed E-state index contributed by atoms with van der Waals surface area (Å²) in [7, 11) is 0. The lowest BCUT2D eigenvalue weighted by molar-refractivity contribution is -0.137. The molecule has 0 radical (unpaired) electrons. The Morgan fingerprint density at radius 3 is 2.62 bits per heavy atom. The zero-order valence-electron chi connectivity index (χ0n) is 9.61. The summed E-state index contributed by atoms with van der Waals surface area (Å²) in [5.41, 5.74) is 5.82. The van der Waals surface area contributed by atoms with Gasteiger partial charge in [0.25, 0.3) is 0 Å². The average molecular weight is 228 g/mol. The molecule has 1 aliphatic carbocycles. The van der Waals surface area contributed by atoms with Crippen LogP contribution in [-0.2, 0) is 9.59 Å². The van der Waals surface area contributed by atoms with Crippen molar-refractivity contribution in [3.05, 3.63) is 0 Å². The Kier molecular flexibility index (Phi) is 4.73. The van der Waals surface area contributed by atoms with Crippen molar-refractivity contribution >= 4 is 11.9 Å². The number of hydrogen-bond acceptors (Lipinski definition) is 3. The highest BCUT2D eigenvalue weighted by Gasteiger charge is 2.29. The van der Waals surface area contributed by atoms with Crippen molar-refractivity contribution in [2.24, 2.45) is 11.7 Å². The molecule has 2 unspecified atom stereocenters. The van der Waals surface area contributed by atoms with E-state index in [0.29, 0.717) is 18.8 Å². The molecule has 2 atom stereocenters. The Labute approximate surface area is 95.4 Å². The van der Waals surface area contributed by atoms with E-state index >= 15 is 0 Å². The van der Waals surface area contributed by atoms with E-state index in [4.69, 9.17) is 10.8 Å². The Morgan fingerprint density at radius 1 is 1.50 bits per heavy atom. The van der Waals surface area contributed by atoms with Gasteiger partial charge in [-0.1, -0.05) is 0 Å². The Balaban J connectivity index is 2.14. The lowest BCUT2D eigenvalue weighted by Crippen LogP contribution is -2.37. The molecule has 16 heavy (non-hydrogen) atoms. The van der Waals surface area contributed by atoms with E-state index in [0.717, 1.165) is 12.8 Å². The second-order valence-corrected chi connectivity index (χ2v) is 4.61. The summed E-state index contributed by atoms with van der Waals surface area (Å²) in [6.45, 7) is 1.81. The molecular formula is C11H20N2O3. The third-order valence-corrected chi connectivity index (χ3v) is 2.85. The third-order valence-electron chi connectivity index (χ3n) is 2.85. The number of carbonyl (C=O) groups excluding carboxylic acids is 1. The van der Waals surface area contributed by atoms with E-state index in [2.05, 4.69) is 5.32 Å². The van der Waals surface area contributed by atoms with Crippen LogP contribution in [0.2, 0.25) is 0 Å². The van der Waals surface area contributed by atoms with Crippen molar-refractivity contribution in [2.45, 2.75) is 51.1 Å². The summed E-state index contributed by atoms with van der Waals surface area (Å²) in [5.74, 6) is -0.395. The highest BCUT2D eigenvalue weighted by atomic mass is 16.4. The maximum absolute atomic E-state index is 11.5. The summed E-state index contributed by atoms with van der Waals surface area (Å²) in [5, 5.41) is 11.3. The van der Waals surface area contributed by atoms with Crippen LogP contribution in [0.15, 0.2) is 0 Å². The minimum atomic E-state index is -0.837. The Morgan fingerprint density at radius 2 is 2.12 bits per heavy atom. The standard InChI is InChI=1S/C11H20N2O3/c1-7(2-5-11(15)16)13-10(14)6-9(12)8-3-4-8/h7-9H,2-6,12H2,1H3,(H,13,14)(H,15,16). The van der Waals surface area contributed by atoms with Gasteiger partial charge in [0.15, 0.2) is 0 Å². The number of aliphatic carboxylic acids is 1. The van der Waals surface area contributed by atoms with E-state index < -0.39 is 5.97 Å². The van der Waals surface area contributed by atoms with Gasteiger partial charge in [0.1, 0.15) is 0 Å². The number of hydrogen-bond donors (Lipinski definition) is 3. The number of carboxylic acids is 1. The fraction of sp³-hybridized carbons (Fsp3) is 0.818. The number of nitrogens with two attached hydrogens (primary N) is 1. The molecule has 0 bridgehead atoms. The minimum Gasteiger partial charge on any atom is -0.481 e. The van der Waals surface area contributed by atoms with Gasteiger partial charge in [-0.3, -0.25) is 9.59 Å². The predicted molar refractivity (Wildman–Crippen MR) is 59.8 cm³/mol. The molecule has 1 fully saturated rings. The molecular weight excluding hydrogens is 208 g/mol. The van der Waals surface area contributed by atoms with Gasteiger partial charge in [-0.15, -0.1) is 0 Å². The molecule has 5 heteroatoms. The number of carbonyl (C=O) groups is 2. The first-order valence-electron chi connectivity index (χ1n) is 5.75. The lowest BCUT2D eigenvalue weighted by Gasteiger charge is -2.15. The Bertz CT molecular complexity index is 264. The zero-order valence-corrected chi connectivity index (χ0v) is 9.61. The molecule has 0 aliphatic heterocycles. The van der Waals surface area contributed by atoms with Crippen LogP contribution in [0.4, 0.5) is 0 Å². The van der Waals surface area contributed by atoms with Crippen LogP contribution in [0.3, 0.4) is 0 Å². The van der Waals surface area contributed by atoms with Gasteiger partial charge in [-0.25, -0.2) is 0 Å². The molecule has 1 amide bonds. The first-order valence-corrected chi connectivity index (χ1v) is 5.75. The molecule has 0 aromatic carbocycles. The van der Waals surface area contributed by atoms with Crippen LogP contribution >= 0.6 is 0 Å². The van der Waals surface area contributed by atoms with Crippen LogP contribution in [0.1, 0.15) is 39.0 Å². The molecule has 4 N–H and O–H groups in total. The van der Waals surface area contributed by atoms with Gasteiger partial charge in [0, 0.05) is 24.9 Å². The van der Waals surface area contributed by atoms with Gasteiger partial charge >= 0.3 is 5.97 Å². The van der Waals surface area contributed by atoms with Crippen molar-refractivity contribution in [2.75, 3.05) is 0 Å². The SMILES string of the molecule is CC(CCC(=O)O)NC(=O)CC(N)C1CC1. The molecule has 1 aliphatic rings. The van der Waals surface area contributed by atoms with E-state index in [1.165, 1.54) is 0 Å². The van der Waals surface area contributed by atoms with Crippen LogP contribution < -0.4 is 11.1 Å². The van der Waals surface area contributed by atoms with E-state index in [9.17, 15) is 9.59 Å². The van der Waals surface area contributed by atoms with E-state index in [-0.39, 0.29) is 24.4 Å². The van der Waals surface area contributed by atoms with Crippen molar-refractivity contribution < 1.29 is 14.7 Å². The highest BCUT2D eigenvalue weighted by Crippen LogP contribution is 2.32. The number of amides is 1. The molecule has 0 aromatic rings. The number of rotatable bonds is 7. The quantitative estimate of drug-likeness (QED) is 0.591. The van der Waals surface area contributed by atoms with Crippen LogP contribution in [0.25, 0.3) is 0 Å². The van der Waals surface area contributed by atoms with Crippen LogP contribution in [0, 0.1) is 5.92 Å². The lowest BCUT2D eigenvalue weighted by atomic mass is 10.1. The summed E-state index contributed by atoms with van der Waals surface area (Å²) in [6, 6.07) is -0.137. The molecule has 0 aromatic heterocycles. The topological polar surface area (TPSA) is 92.4 Å². The predicted octanol–water partition coefficient (Wildman–Crippen LogP) is 0.483. The third kappa shape index (κ3) is 5.11. The zero-order chi connectivity index (χ0) is 12.1. The fourth-order valence-electron chi connectivity index (χ4n) is 1.65. The van der Waals surface area contributed by atoms with E-state index in [1.807, 2.05) is 6.92 Å². The smallest absolute Gasteiger partial charge is 0.303 e. The van der Waals surface area contributed by atoms with Gasteiger partial charge in [-0.05, 0) is 32.1 Å². The molecule has 0 saturated heterocycles. The van der Waals surface area contributed by atoms with Crippen LogP contribution in [-0.4, -0.2) is 29.1 Å². The molecule has 0 spiro atoms. The van der Waals surface area contributed by atoms with E-state index in [1.54, 1.807) is 0 Å². The van der Waals surface area contributed by atoms with Gasteiger partial charge in [-0.2, -0.15) is 0 Å². The molecule has 1 saturated carbocycles. The van der Waals surface area contributed by atoms with Crippen molar-refractivity contribution in [1.29, 1.82) is 0 Å². The summed E-state index contributed by atoms with van der Waals surface area (Å²) >= 11 is 0. The summed E-state index contributed by atoms with van der Waals surface area (Å²) in [6.07, 6.45) is 3.14. The largest absolute Gasteiger partial charge is 0.481 e.